The highest BCUT2D eigenvalue weighted by Gasteiger charge is 2.36. The molecule has 0 radical (unpaired) electrons. The fourth-order valence-corrected chi connectivity index (χ4v) is 4.67. The van der Waals surface area contributed by atoms with Gasteiger partial charge in [-0.1, -0.05) is 65.0 Å². The summed E-state index contributed by atoms with van der Waals surface area (Å²) in [7, 11) is 0. The van der Waals surface area contributed by atoms with Gasteiger partial charge in [-0.15, -0.1) is 0 Å². The van der Waals surface area contributed by atoms with E-state index in [0.717, 1.165) is 35.4 Å². The quantitative estimate of drug-likeness (QED) is 0.397. The molecular weight excluding hydrogens is 448 g/mol. The number of nitrogens with zero attached hydrogens (tertiary/aromatic N) is 1. The molecule has 3 aromatic rings. The lowest BCUT2D eigenvalue weighted by Crippen LogP contribution is -2.29. The van der Waals surface area contributed by atoms with Gasteiger partial charge in [0.05, 0.1) is 5.92 Å². The van der Waals surface area contributed by atoms with Crippen LogP contribution in [0.3, 0.4) is 0 Å². The second kappa shape index (κ2) is 10.6. The van der Waals surface area contributed by atoms with Gasteiger partial charge in [-0.3, -0.25) is 9.59 Å². The van der Waals surface area contributed by atoms with Gasteiger partial charge in [-0.05, 0) is 71.3 Å². The van der Waals surface area contributed by atoms with Gasteiger partial charge in [-0.2, -0.15) is 0 Å². The molecular formula is C31H36N2O3. The molecule has 4 rings (SSSR count). The molecule has 1 N–H and O–H groups in total. The van der Waals surface area contributed by atoms with Crippen molar-refractivity contribution in [3.8, 4) is 11.5 Å². The summed E-state index contributed by atoms with van der Waals surface area (Å²) in [6.45, 7) is 11.1. The first-order valence-electron chi connectivity index (χ1n) is 12.8. The third-order valence-corrected chi connectivity index (χ3v) is 6.81. The molecule has 1 aliphatic heterocycles. The Balaban J connectivity index is 1.39. The van der Waals surface area contributed by atoms with Gasteiger partial charge in [-0.25, -0.2) is 0 Å². The van der Waals surface area contributed by atoms with E-state index in [0.29, 0.717) is 18.0 Å². The molecule has 1 fully saturated rings. The molecule has 1 aliphatic rings. The Kier molecular flexibility index (Phi) is 7.48. The Morgan fingerprint density at radius 2 is 1.47 bits per heavy atom. The van der Waals surface area contributed by atoms with Crippen molar-refractivity contribution in [2.45, 2.75) is 59.3 Å². The van der Waals surface area contributed by atoms with Crippen molar-refractivity contribution in [3.63, 3.8) is 0 Å². The Bertz CT molecular complexity index is 1200. The predicted octanol–water partition coefficient (Wildman–Crippen LogP) is 6.89. The maximum Gasteiger partial charge on any atom is 0.229 e. The van der Waals surface area contributed by atoms with Crippen LogP contribution in [0.5, 0.6) is 11.5 Å². The summed E-state index contributed by atoms with van der Waals surface area (Å²) in [6, 6.07) is 21.6. The van der Waals surface area contributed by atoms with E-state index in [4.69, 9.17) is 4.74 Å². The van der Waals surface area contributed by atoms with Crippen molar-refractivity contribution in [2.24, 2.45) is 5.92 Å². The van der Waals surface area contributed by atoms with E-state index in [1.54, 1.807) is 0 Å². The Morgan fingerprint density at radius 1 is 0.917 bits per heavy atom. The van der Waals surface area contributed by atoms with Gasteiger partial charge in [0.2, 0.25) is 11.8 Å². The van der Waals surface area contributed by atoms with Crippen molar-refractivity contribution >= 4 is 23.2 Å². The number of benzene rings is 3. The zero-order valence-corrected chi connectivity index (χ0v) is 21.9. The van der Waals surface area contributed by atoms with Crippen LogP contribution in [0.4, 0.5) is 11.4 Å². The Labute approximate surface area is 214 Å². The van der Waals surface area contributed by atoms with E-state index in [-0.39, 0.29) is 29.6 Å². The first kappa shape index (κ1) is 25.5. The third kappa shape index (κ3) is 5.62. The molecule has 5 nitrogen and oxygen atoms in total. The number of para-hydroxylation sites is 1. The number of amides is 2. The summed E-state index contributed by atoms with van der Waals surface area (Å²) in [4.78, 5) is 27.7. The topological polar surface area (TPSA) is 58.6 Å². The summed E-state index contributed by atoms with van der Waals surface area (Å²) in [5.41, 5.74) is 5.31. The smallest absolute Gasteiger partial charge is 0.229 e. The third-order valence-electron chi connectivity index (χ3n) is 6.81. The maximum atomic E-state index is 13.0. The number of ether oxygens (including phenoxy) is 1. The molecule has 0 bridgehead atoms. The molecule has 0 aliphatic carbocycles. The lowest BCUT2D eigenvalue weighted by Gasteiger charge is -2.23. The van der Waals surface area contributed by atoms with Gasteiger partial charge in [0.25, 0.3) is 0 Å². The van der Waals surface area contributed by atoms with Crippen LogP contribution in [0.25, 0.3) is 0 Å². The van der Waals surface area contributed by atoms with Crippen LogP contribution in [0.1, 0.15) is 57.7 Å². The van der Waals surface area contributed by atoms with Crippen LogP contribution in [-0.2, 0) is 27.8 Å². The molecule has 0 saturated carbocycles. The van der Waals surface area contributed by atoms with E-state index in [1.165, 1.54) is 5.56 Å². The number of hydrogen-bond donors (Lipinski definition) is 1. The molecule has 3 aromatic carbocycles. The average molecular weight is 485 g/mol. The lowest BCUT2D eigenvalue weighted by atomic mass is 9.87. The highest BCUT2D eigenvalue weighted by Crippen LogP contribution is 2.33. The summed E-state index contributed by atoms with van der Waals surface area (Å²) < 4.78 is 5.96. The van der Waals surface area contributed by atoms with Crippen LogP contribution in [0, 0.1) is 5.92 Å². The minimum Gasteiger partial charge on any atom is -0.457 e. The standard InChI is InChI=1S/C31H36N2O3/c1-6-21-9-8-10-22(7-2)29(21)33-20-23(19-28(33)34)30(35)32-25-13-17-27(18-14-25)36-26-15-11-24(12-16-26)31(3,4)5/h8-18,23H,6-7,19-20H2,1-5H3,(H,32,35)/t23-/m0/s1. The highest BCUT2D eigenvalue weighted by atomic mass is 16.5. The van der Waals surface area contributed by atoms with Crippen LogP contribution >= 0.6 is 0 Å². The molecule has 36 heavy (non-hydrogen) atoms. The number of carbonyl (C=O) groups excluding carboxylic acids is 2. The van der Waals surface area contributed by atoms with E-state index in [2.05, 4.69) is 64.2 Å². The molecule has 0 aromatic heterocycles. The summed E-state index contributed by atoms with van der Waals surface area (Å²) >= 11 is 0. The van der Waals surface area contributed by atoms with E-state index < -0.39 is 0 Å². The second-order valence-corrected chi connectivity index (χ2v) is 10.4. The predicted molar refractivity (Wildman–Crippen MR) is 146 cm³/mol. The van der Waals surface area contributed by atoms with E-state index in [1.807, 2.05) is 47.4 Å². The lowest BCUT2D eigenvalue weighted by molar-refractivity contribution is -0.122. The fourth-order valence-electron chi connectivity index (χ4n) is 4.67. The highest BCUT2D eigenvalue weighted by molar-refractivity contribution is 6.04. The maximum absolute atomic E-state index is 13.0. The van der Waals surface area contributed by atoms with Crippen molar-refractivity contribution in [1.29, 1.82) is 0 Å². The van der Waals surface area contributed by atoms with Crippen molar-refractivity contribution in [1.82, 2.24) is 0 Å². The van der Waals surface area contributed by atoms with Gasteiger partial charge in [0.15, 0.2) is 0 Å². The van der Waals surface area contributed by atoms with Gasteiger partial charge in [0.1, 0.15) is 11.5 Å². The summed E-state index contributed by atoms with van der Waals surface area (Å²) in [5, 5.41) is 2.98. The van der Waals surface area contributed by atoms with Gasteiger partial charge < -0.3 is 15.0 Å². The number of nitrogens with one attached hydrogen (secondary N) is 1. The number of aryl methyl sites for hydroxylation is 2. The first-order chi connectivity index (χ1) is 17.2. The zero-order chi connectivity index (χ0) is 25.9. The number of carbonyl (C=O) groups is 2. The monoisotopic (exact) mass is 484 g/mol. The van der Waals surface area contributed by atoms with Crippen LogP contribution in [-0.4, -0.2) is 18.4 Å². The zero-order valence-electron chi connectivity index (χ0n) is 21.9. The molecule has 1 atom stereocenters. The van der Waals surface area contributed by atoms with Crippen LogP contribution in [0.2, 0.25) is 0 Å². The molecule has 5 heteroatoms. The first-order valence-corrected chi connectivity index (χ1v) is 12.8. The SMILES string of the molecule is CCc1cccc(CC)c1N1C[C@@H](C(=O)Nc2ccc(Oc3ccc(C(C)(C)C)cc3)cc2)CC1=O. The van der Waals surface area contributed by atoms with Gasteiger partial charge >= 0.3 is 0 Å². The van der Waals surface area contributed by atoms with Crippen molar-refractivity contribution in [3.05, 3.63) is 83.4 Å². The largest absolute Gasteiger partial charge is 0.457 e. The summed E-state index contributed by atoms with van der Waals surface area (Å²) in [5.74, 6) is 0.950. The van der Waals surface area contributed by atoms with E-state index >= 15 is 0 Å². The Hall–Kier alpha value is -3.60. The number of rotatable bonds is 7. The second-order valence-electron chi connectivity index (χ2n) is 10.4. The molecule has 188 valence electrons. The van der Waals surface area contributed by atoms with Gasteiger partial charge in [0, 0.05) is 24.3 Å². The molecule has 1 heterocycles. The van der Waals surface area contributed by atoms with Crippen molar-refractivity contribution in [2.75, 3.05) is 16.8 Å². The normalized spacial score (nSPS) is 15.8. The van der Waals surface area contributed by atoms with E-state index in [9.17, 15) is 9.59 Å². The minimum absolute atomic E-state index is 0.00646. The number of hydrogen-bond acceptors (Lipinski definition) is 3. The van der Waals surface area contributed by atoms with Crippen LogP contribution < -0.4 is 15.0 Å². The van der Waals surface area contributed by atoms with Crippen molar-refractivity contribution < 1.29 is 14.3 Å². The average Bonchev–Trinajstić information content (AvgIpc) is 3.25. The minimum atomic E-state index is -0.385. The Morgan fingerprint density at radius 3 is 2.00 bits per heavy atom. The molecule has 0 spiro atoms. The fraction of sp³-hybridized carbons (Fsp3) is 0.355. The molecule has 0 unspecified atom stereocenters. The molecule has 2 amide bonds. The van der Waals surface area contributed by atoms with Crippen LogP contribution in [0.15, 0.2) is 66.7 Å². The molecule has 1 saturated heterocycles. The summed E-state index contributed by atoms with van der Waals surface area (Å²) in [6.07, 6.45) is 1.91. The number of anilines is 2.